The van der Waals surface area contributed by atoms with Crippen LogP contribution in [0.15, 0.2) is 42.5 Å². The second kappa shape index (κ2) is 5.75. The molecule has 0 saturated heterocycles. The van der Waals surface area contributed by atoms with E-state index in [4.69, 9.17) is 0 Å². The van der Waals surface area contributed by atoms with Crippen molar-refractivity contribution in [2.24, 2.45) is 0 Å². The van der Waals surface area contributed by atoms with Gasteiger partial charge in [-0.15, -0.1) is 0 Å². The third-order valence-electron chi connectivity index (χ3n) is 2.67. The number of aliphatic hydroxyl groups is 1. The molecule has 0 fully saturated rings. The van der Waals surface area contributed by atoms with Crippen LogP contribution in [0.25, 0.3) is 0 Å². The maximum absolute atomic E-state index is 13.0. The Bertz CT molecular complexity index is 540. The third kappa shape index (κ3) is 3.26. The SMILES string of the molecule is OC(Cc1ccc(F)c(F)c1)c1ccc(I)cc1. The number of halogens is 3. The summed E-state index contributed by atoms with van der Waals surface area (Å²) in [6.45, 7) is 0. The molecule has 2 rings (SSSR count). The molecule has 0 aliphatic carbocycles. The number of hydrogen-bond acceptors (Lipinski definition) is 1. The van der Waals surface area contributed by atoms with Gasteiger partial charge < -0.3 is 5.11 Å². The van der Waals surface area contributed by atoms with Crippen LogP contribution in [-0.2, 0) is 6.42 Å². The van der Waals surface area contributed by atoms with Gasteiger partial charge in [-0.2, -0.15) is 0 Å². The number of rotatable bonds is 3. The number of hydrogen-bond donors (Lipinski definition) is 1. The quantitative estimate of drug-likeness (QED) is 0.825. The first-order chi connectivity index (χ1) is 8.56. The molecule has 0 bridgehead atoms. The van der Waals surface area contributed by atoms with Crippen LogP contribution in [-0.4, -0.2) is 5.11 Å². The molecule has 0 saturated carbocycles. The summed E-state index contributed by atoms with van der Waals surface area (Å²) in [4.78, 5) is 0. The van der Waals surface area contributed by atoms with Crippen molar-refractivity contribution >= 4 is 22.6 Å². The fourth-order valence-corrected chi connectivity index (χ4v) is 2.05. The van der Waals surface area contributed by atoms with Crippen LogP contribution < -0.4 is 0 Å². The van der Waals surface area contributed by atoms with Crippen molar-refractivity contribution in [1.29, 1.82) is 0 Å². The average Bonchev–Trinajstić information content (AvgIpc) is 2.34. The van der Waals surface area contributed by atoms with Gasteiger partial charge in [0, 0.05) is 9.99 Å². The minimum Gasteiger partial charge on any atom is -0.388 e. The first kappa shape index (κ1) is 13.4. The predicted molar refractivity (Wildman–Crippen MR) is 74.2 cm³/mol. The normalized spacial score (nSPS) is 12.4. The lowest BCUT2D eigenvalue weighted by Crippen LogP contribution is -2.02. The maximum Gasteiger partial charge on any atom is 0.159 e. The molecule has 94 valence electrons. The van der Waals surface area contributed by atoms with Gasteiger partial charge in [-0.25, -0.2) is 8.78 Å². The molecule has 2 aromatic rings. The van der Waals surface area contributed by atoms with E-state index >= 15 is 0 Å². The lowest BCUT2D eigenvalue weighted by molar-refractivity contribution is 0.178. The van der Waals surface area contributed by atoms with E-state index in [0.717, 1.165) is 21.3 Å². The first-order valence-corrected chi connectivity index (χ1v) is 6.51. The van der Waals surface area contributed by atoms with Gasteiger partial charge >= 0.3 is 0 Å². The number of aliphatic hydroxyl groups excluding tert-OH is 1. The topological polar surface area (TPSA) is 20.2 Å². The molecule has 1 atom stereocenters. The summed E-state index contributed by atoms with van der Waals surface area (Å²) in [5.74, 6) is -1.76. The Morgan fingerprint density at radius 1 is 1.00 bits per heavy atom. The van der Waals surface area contributed by atoms with E-state index in [1.807, 2.05) is 24.3 Å². The molecular weight excluding hydrogens is 349 g/mol. The van der Waals surface area contributed by atoms with E-state index in [1.165, 1.54) is 6.07 Å². The summed E-state index contributed by atoms with van der Waals surface area (Å²) in [7, 11) is 0. The molecule has 0 aliphatic rings. The standard InChI is InChI=1S/C14H11F2IO/c15-12-6-1-9(7-13(12)16)8-14(18)10-2-4-11(17)5-3-10/h1-7,14,18H,8H2. The van der Waals surface area contributed by atoms with Crippen LogP contribution in [0.2, 0.25) is 0 Å². The fraction of sp³-hybridized carbons (Fsp3) is 0.143. The Hall–Kier alpha value is -1.01. The van der Waals surface area contributed by atoms with E-state index in [2.05, 4.69) is 22.6 Å². The second-order valence-corrected chi connectivity index (χ2v) is 5.27. The van der Waals surface area contributed by atoms with Gasteiger partial charge in [-0.1, -0.05) is 18.2 Å². The monoisotopic (exact) mass is 360 g/mol. The highest BCUT2D eigenvalue weighted by atomic mass is 127. The Labute approximate surface area is 118 Å². The number of benzene rings is 2. The van der Waals surface area contributed by atoms with Crippen LogP contribution in [0.5, 0.6) is 0 Å². The fourth-order valence-electron chi connectivity index (χ4n) is 1.69. The summed E-state index contributed by atoms with van der Waals surface area (Å²) in [5.41, 5.74) is 1.33. The van der Waals surface area contributed by atoms with Crippen molar-refractivity contribution in [2.75, 3.05) is 0 Å². The second-order valence-electron chi connectivity index (χ2n) is 4.02. The molecular formula is C14H11F2IO. The van der Waals surface area contributed by atoms with E-state index in [9.17, 15) is 13.9 Å². The zero-order valence-electron chi connectivity index (χ0n) is 9.41. The zero-order chi connectivity index (χ0) is 13.1. The van der Waals surface area contributed by atoms with Gasteiger partial charge in [0.2, 0.25) is 0 Å². The van der Waals surface area contributed by atoms with Crippen LogP contribution in [0.3, 0.4) is 0 Å². The molecule has 0 spiro atoms. The first-order valence-electron chi connectivity index (χ1n) is 5.44. The van der Waals surface area contributed by atoms with Crippen molar-refractivity contribution in [3.63, 3.8) is 0 Å². The summed E-state index contributed by atoms with van der Waals surface area (Å²) in [5, 5.41) is 10.0. The summed E-state index contributed by atoms with van der Waals surface area (Å²) in [6.07, 6.45) is -0.454. The van der Waals surface area contributed by atoms with Gasteiger partial charge in [0.05, 0.1) is 6.10 Å². The minimum absolute atomic E-state index is 0.262. The van der Waals surface area contributed by atoms with Gasteiger partial charge in [-0.05, 0) is 58.0 Å². The van der Waals surface area contributed by atoms with E-state index < -0.39 is 17.7 Å². The van der Waals surface area contributed by atoms with Crippen molar-refractivity contribution in [3.05, 3.63) is 68.8 Å². The highest BCUT2D eigenvalue weighted by Crippen LogP contribution is 2.20. The van der Waals surface area contributed by atoms with Crippen molar-refractivity contribution < 1.29 is 13.9 Å². The van der Waals surface area contributed by atoms with E-state index in [0.29, 0.717) is 5.56 Å². The van der Waals surface area contributed by atoms with Gasteiger partial charge in [-0.3, -0.25) is 0 Å². The zero-order valence-corrected chi connectivity index (χ0v) is 11.6. The van der Waals surface area contributed by atoms with Crippen LogP contribution in [0.4, 0.5) is 8.78 Å². The van der Waals surface area contributed by atoms with Crippen LogP contribution in [0, 0.1) is 15.2 Å². The molecule has 0 radical (unpaired) electrons. The molecule has 0 aliphatic heterocycles. The van der Waals surface area contributed by atoms with Crippen LogP contribution >= 0.6 is 22.6 Å². The molecule has 1 unspecified atom stereocenters. The molecule has 4 heteroatoms. The predicted octanol–water partition coefficient (Wildman–Crippen LogP) is 3.85. The Kier molecular flexibility index (Phi) is 4.29. The lowest BCUT2D eigenvalue weighted by atomic mass is 10.0. The molecule has 1 N–H and O–H groups in total. The van der Waals surface area contributed by atoms with Crippen molar-refractivity contribution in [1.82, 2.24) is 0 Å². The summed E-state index contributed by atoms with van der Waals surface area (Å²) >= 11 is 2.18. The lowest BCUT2D eigenvalue weighted by Gasteiger charge is -2.11. The summed E-state index contributed by atoms with van der Waals surface area (Å²) < 4.78 is 26.9. The van der Waals surface area contributed by atoms with E-state index in [1.54, 1.807) is 0 Å². The Morgan fingerprint density at radius 3 is 2.28 bits per heavy atom. The van der Waals surface area contributed by atoms with Crippen molar-refractivity contribution in [2.45, 2.75) is 12.5 Å². The molecule has 0 aromatic heterocycles. The third-order valence-corrected chi connectivity index (χ3v) is 3.39. The van der Waals surface area contributed by atoms with Gasteiger partial charge in [0.25, 0.3) is 0 Å². The maximum atomic E-state index is 13.0. The Balaban J connectivity index is 2.13. The largest absolute Gasteiger partial charge is 0.388 e. The van der Waals surface area contributed by atoms with Gasteiger partial charge in [0.1, 0.15) is 0 Å². The smallest absolute Gasteiger partial charge is 0.159 e. The molecule has 18 heavy (non-hydrogen) atoms. The highest BCUT2D eigenvalue weighted by molar-refractivity contribution is 14.1. The average molecular weight is 360 g/mol. The molecule has 0 heterocycles. The highest BCUT2D eigenvalue weighted by Gasteiger charge is 2.10. The molecule has 2 aromatic carbocycles. The Morgan fingerprint density at radius 2 is 1.67 bits per heavy atom. The minimum atomic E-state index is -0.887. The van der Waals surface area contributed by atoms with Crippen molar-refractivity contribution in [3.8, 4) is 0 Å². The molecule has 1 nitrogen and oxygen atoms in total. The summed E-state index contributed by atoms with van der Waals surface area (Å²) in [6, 6.07) is 11.1. The van der Waals surface area contributed by atoms with Crippen LogP contribution in [0.1, 0.15) is 17.2 Å². The van der Waals surface area contributed by atoms with Gasteiger partial charge in [0.15, 0.2) is 11.6 Å². The molecule has 0 amide bonds. The van der Waals surface area contributed by atoms with E-state index in [-0.39, 0.29) is 6.42 Å².